The molecule has 48 heavy (non-hydrogen) atoms. The number of hydrogen-bond donors (Lipinski definition) is 2. The van der Waals surface area contributed by atoms with Crippen LogP contribution in [0.5, 0.6) is 0 Å². The minimum Gasteiger partial charge on any atom is -0.459 e. The molecule has 5 rings (SSSR count). The van der Waals surface area contributed by atoms with Crippen LogP contribution in [0, 0.1) is 28.1 Å². The van der Waals surface area contributed by atoms with Crippen LogP contribution in [-0.2, 0) is 47.6 Å². The quantitative estimate of drug-likeness (QED) is 0.240. The Balaban J connectivity index is 1.77. The van der Waals surface area contributed by atoms with Gasteiger partial charge in [0.1, 0.15) is 30.0 Å². The van der Waals surface area contributed by atoms with Gasteiger partial charge in [0.15, 0.2) is 11.4 Å². The molecule has 1 amide bonds. The van der Waals surface area contributed by atoms with Crippen molar-refractivity contribution >= 4 is 23.8 Å². The number of nitrogens with one attached hydrogen (secondary N) is 1. The third kappa shape index (κ3) is 5.22. The Bertz CT molecular complexity index is 1420. The van der Waals surface area contributed by atoms with Gasteiger partial charge < -0.3 is 38.8 Å². The van der Waals surface area contributed by atoms with E-state index in [1.54, 1.807) is 20.8 Å². The lowest BCUT2D eigenvalue weighted by Gasteiger charge is -2.69. The van der Waals surface area contributed by atoms with Crippen LogP contribution >= 0.6 is 0 Å². The fourth-order valence-corrected chi connectivity index (χ4v) is 9.56. The van der Waals surface area contributed by atoms with Gasteiger partial charge in [0.25, 0.3) is 0 Å². The van der Waals surface area contributed by atoms with Gasteiger partial charge in [-0.05, 0) is 65.0 Å². The van der Waals surface area contributed by atoms with Crippen molar-refractivity contribution in [2.45, 2.75) is 156 Å². The molecule has 2 saturated heterocycles. The van der Waals surface area contributed by atoms with Crippen molar-refractivity contribution in [2.24, 2.45) is 28.1 Å². The highest BCUT2D eigenvalue weighted by atomic mass is 16.8. The monoisotopic (exact) mass is 677 g/mol. The van der Waals surface area contributed by atoms with E-state index in [4.69, 9.17) is 28.4 Å². The first kappa shape index (κ1) is 36.7. The molecule has 2 N–H and O–H groups in total. The summed E-state index contributed by atoms with van der Waals surface area (Å²) in [7, 11) is 0. The van der Waals surface area contributed by atoms with Crippen molar-refractivity contribution in [1.29, 1.82) is 0 Å². The average molecular weight is 678 g/mol. The molecule has 270 valence electrons. The highest BCUT2D eigenvalue weighted by Gasteiger charge is 2.78. The molecule has 0 aromatic carbocycles. The lowest BCUT2D eigenvalue weighted by Crippen LogP contribution is -2.81. The van der Waals surface area contributed by atoms with Crippen LogP contribution in [0.1, 0.15) is 103 Å². The molecule has 2 aliphatic heterocycles. The van der Waals surface area contributed by atoms with Crippen molar-refractivity contribution in [3.8, 4) is 0 Å². The summed E-state index contributed by atoms with van der Waals surface area (Å²) in [5.74, 6) is -3.95. The van der Waals surface area contributed by atoms with Crippen molar-refractivity contribution in [1.82, 2.24) is 5.32 Å². The molecule has 0 spiro atoms. The third-order valence-corrected chi connectivity index (χ3v) is 12.7. The number of fused-ring (bicyclic) bond motifs is 8. The Labute approximate surface area is 283 Å². The maximum atomic E-state index is 13.9. The van der Waals surface area contributed by atoms with Crippen LogP contribution in [0.15, 0.2) is 11.1 Å². The van der Waals surface area contributed by atoms with Gasteiger partial charge in [-0.3, -0.25) is 19.2 Å². The van der Waals surface area contributed by atoms with Crippen molar-refractivity contribution in [2.75, 3.05) is 6.61 Å². The molecule has 3 aliphatic carbocycles. The Morgan fingerprint density at radius 3 is 2.15 bits per heavy atom. The molecule has 11 atom stereocenters. The van der Waals surface area contributed by atoms with Gasteiger partial charge in [0.2, 0.25) is 5.91 Å². The van der Waals surface area contributed by atoms with E-state index < -0.39 is 93.6 Å². The number of esters is 3. The predicted octanol–water partition coefficient (Wildman–Crippen LogP) is 3.75. The largest absolute Gasteiger partial charge is 0.459 e. The summed E-state index contributed by atoms with van der Waals surface area (Å²) in [5, 5.41) is 16.2. The number of hydrogen-bond acceptors (Lipinski definition) is 11. The van der Waals surface area contributed by atoms with E-state index in [2.05, 4.69) is 19.2 Å². The molecule has 4 unspecified atom stereocenters. The first-order valence-corrected chi connectivity index (χ1v) is 17.1. The Morgan fingerprint density at radius 1 is 1.00 bits per heavy atom. The van der Waals surface area contributed by atoms with Crippen LogP contribution in [0.25, 0.3) is 0 Å². The molecule has 2 saturated carbocycles. The van der Waals surface area contributed by atoms with Crippen molar-refractivity contribution in [3.63, 3.8) is 0 Å². The topological polar surface area (TPSA) is 156 Å². The summed E-state index contributed by atoms with van der Waals surface area (Å²) in [4.78, 5) is 51.7. The van der Waals surface area contributed by atoms with Gasteiger partial charge in [0.05, 0.1) is 24.0 Å². The Hall–Kier alpha value is -2.54. The normalized spacial score (nSPS) is 41.6. The number of carbonyl (C=O) groups is 4. The Kier molecular flexibility index (Phi) is 8.80. The fraction of sp³-hybridized carbons (Fsp3) is 0.833. The molecular formula is C36H55NO11. The predicted molar refractivity (Wildman–Crippen MR) is 172 cm³/mol. The number of ether oxygens (including phenoxy) is 6. The first-order valence-electron chi connectivity index (χ1n) is 17.1. The highest BCUT2D eigenvalue weighted by Crippen LogP contribution is 2.68. The molecule has 2 bridgehead atoms. The SMILES string of the molecule is CC(=O)NC(C)C(C)(C)C(=O)O[C@H]1C[C@@]2(O)[C@@H](OC(C)=O)C3C(C)(C(C)C[C@H]4OC[C@@]34OC(C)=O)[C@@H]3OC(C)(C)O[C@@H]3C(=C1C)C2(C)C. The smallest absolute Gasteiger partial charge is 0.314 e. The maximum absolute atomic E-state index is 13.9. The van der Waals surface area contributed by atoms with Gasteiger partial charge >= 0.3 is 17.9 Å². The Morgan fingerprint density at radius 2 is 1.62 bits per heavy atom. The van der Waals surface area contributed by atoms with E-state index in [9.17, 15) is 24.3 Å². The minimum atomic E-state index is -1.86. The van der Waals surface area contributed by atoms with Gasteiger partial charge in [-0.25, -0.2) is 0 Å². The lowest BCUT2D eigenvalue weighted by molar-refractivity contribution is -0.357. The molecule has 0 radical (unpaired) electrons. The third-order valence-electron chi connectivity index (χ3n) is 12.7. The number of amides is 1. The molecular weight excluding hydrogens is 622 g/mol. The lowest BCUT2D eigenvalue weighted by atomic mass is 9.43. The zero-order valence-corrected chi connectivity index (χ0v) is 30.8. The molecule has 12 nitrogen and oxygen atoms in total. The van der Waals surface area contributed by atoms with E-state index in [1.165, 1.54) is 20.8 Å². The number of carbonyl (C=O) groups excluding carboxylic acids is 4. The average Bonchev–Trinajstić information content (AvgIpc) is 3.25. The first-order chi connectivity index (χ1) is 21.9. The van der Waals surface area contributed by atoms with Crippen LogP contribution in [0.4, 0.5) is 0 Å². The molecule has 12 heteroatoms. The standard InChI is InChI=1S/C36H55NO11/c1-17-14-24-35(16-43-24,46-22(6)40)27-29(44-21(5)39)36(42)15-23(45-30(41)31(7,8)19(3)37-20(4)38)18(2)25(32(36,9)10)26-28(34(17,27)13)48-33(11,12)47-26/h17,19,23-24,26-29,42H,14-16H2,1-13H3,(H,37,38)/t17?,19?,23-,24+,26+,27?,28+,29-,34?,35-,36+/m0/s1. The summed E-state index contributed by atoms with van der Waals surface area (Å²) in [6, 6.07) is -0.557. The highest BCUT2D eigenvalue weighted by molar-refractivity contribution is 5.79. The molecule has 5 aliphatic rings. The zero-order chi connectivity index (χ0) is 36.2. The maximum Gasteiger partial charge on any atom is 0.314 e. The second-order valence-corrected chi connectivity index (χ2v) is 16.7. The number of rotatable bonds is 6. The van der Waals surface area contributed by atoms with Gasteiger partial charge in [-0.2, -0.15) is 0 Å². The summed E-state index contributed by atoms with van der Waals surface area (Å²) in [5.41, 5.74) is -4.80. The summed E-state index contributed by atoms with van der Waals surface area (Å²) in [6.45, 7) is 22.7. The van der Waals surface area contributed by atoms with E-state index in [0.29, 0.717) is 17.6 Å². The zero-order valence-electron chi connectivity index (χ0n) is 30.8. The van der Waals surface area contributed by atoms with Crippen LogP contribution < -0.4 is 5.32 Å². The van der Waals surface area contributed by atoms with Crippen LogP contribution in [-0.4, -0.2) is 89.1 Å². The van der Waals surface area contributed by atoms with E-state index in [0.717, 1.165) is 0 Å². The van der Waals surface area contributed by atoms with Crippen molar-refractivity contribution in [3.05, 3.63) is 11.1 Å². The van der Waals surface area contributed by atoms with Crippen LogP contribution in [0.2, 0.25) is 0 Å². The van der Waals surface area contributed by atoms with Crippen LogP contribution in [0.3, 0.4) is 0 Å². The molecule has 0 aromatic rings. The fourth-order valence-electron chi connectivity index (χ4n) is 9.56. The van der Waals surface area contributed by atoms with Crippen molar-refractivity contribution < 1.29 is 52.7 Å². The second-order valence-electron chi connectivity index (χ2n) is 16.7. The second kappa shape index (κ2) is 11.5. The van der Waals surface area contributed by atoms with E-state index in [-0.39, 0.29) is 24.9 Å². The molecule has 2 heterocycles. The summed E-state index contributed by atoms with van der Waals surface area (Å²) in [6.07, 6.45) is -3.61. The van der Waals surface area contributed by atoms with E-state index in [1.807, 2.05) is 34.6 Å². The van der Waals surface area contributed by atoms with Gasteiger partial charge in [-0.1, -0.05) is 27.7 Å². The minimum absolute atomic E-state index is 0.0511. The molecule has 4 fully saturated rings. The number of aliphatic hydroxyl groups is 1. The van der Waals surface area contributed by atoms with E-state index >= 15 is 0 Å². The molecule has 0 aromatic heterocycles. The van der Waals surface area contributed by atoms with Gasteiger partial charge in [0, 0.05) is 44.1 Å². The van der Waals surface area contributed by atoms with Gasteiger partial charge in [-0.15, -0.1) is 0 Å². The summed E-state index contributed by atoms with van der Waals surface area (Å²) >= 11 is 0. The summed E-state index contributed by atoms with van der Waals surface area (Å²) < 4.78 is 38.5.